The fourth-order valence-corrected chi connectivity index (χ4v) is 2.36. The fraction of sp³-hybridized carbons (Fsp3) is 0.0833. The fourth-order valence-electron chi connectivity index (χ4n) is 1.62. The third-order valence-corrected chi connectivity index (χ3v) is 3.35. The molecule has 0 aliphatic carbocycles. The highest BCUT2D eigenvalue weighted by molar-refractivity contribution is 7.14. The number of aryl methyl sites for hydroxylation is 1. The number of nitrogens with two attached hydrogens (primary N) is 1. The van der Waals surface area contributed by atoms with Gasteiger partial charge in [-0.05, 0) is 36.1 Å². The first-order valence-corrected chi connectivity index (χ1v) is 5.82. The lowest BCUT2D eigenvalue weighted by atomic mass is 10.2. The molecule has 3 aromatic rings. The molecule has 0 bridgehead atoms. The molecule has 0 spiro atoms. The van der Waals surface area contributed by atoms with Gasteiger partial charge in [0.1, 0.15) is 10.4 Å². The average molecular weight is 230 g/mol. The Morgan fingerprint density at radius 3 is 2.94 bits per heavy atom. The van der Waals surface area contributed by atoms with Crippen molar-refractivity contribution >= 4 is 28.1 Å². The first kappa shape index (κ1) is 9.42. The van der Waals surface area contributed by atoms with Crippen molar-refractivity contribution < 1.29 is 4.42 Å². The van der Waals surface area contributed by atoms with E-state index in [9.17, 15) is 0 Å². The molecule has 0 atom stereocenters. The summed E-state index contributed by atoms with van der Waals surface area (Å²) in [4.78, 5) is 5.32. The molecule has 2 aromatic heterocycles. The van der Waals surface area contributed by atoms with Crippen LogP contribution in [0.4, 0.5) is 5.69 Å². The minimum Gasteiger partial charge on any atom is -0.435 e. The zero-order valence-corrected chi connectivity index (χ0v) is 9.54. The van der Waals surface area contributed by atoms with Crippen molar-refractivity contribution in [3.8, 4) is 10.8 Å². The van der Waals surface area contributed by atoms with E-state index in [-0.39, 0.29) is 0 Å². The topological polar surface area (TPSA) is 52.0 Å². The Morgan fingerprint density at radius 2 is 2.19 bits per heavy atom. The van der Waals surface area contributed by atoms with Gasteiger partial charge in [-0.15, -0.1) is 11.3 Å². The van der Waals surface area contributed by atoms with E-state index in [1.807, 2.05) is 36.6 Å². The summed E-state index contributed by atoms with van der Waals surface area (Å²) in [5.74, 6) is 0.605. The predicted octanol–water partition coefficient (Wildman–Crippen LogP) is 3.45. The van der Waals surface area contributed by atoms with Crippen molar-refractivity contribution in [2.75, 3.05) is 5.73 Å². The Kier molecular flexibility index (Phi) is 1.97. The number of rotatable bonds is 1. The summed E-state index contributed by atoms with van der Waals surface area (Å²) in [5.41, 5.74) is 9.39. The quantitative estimate of drug-likeness (QED) is 0.696. The van der Waals surface area contributed by atoms with Crippen molar-refractivity contribution in [3.05, 3.63) is 35.2 Å². The van der Waals surface area contributed by atoms with Crippen molar-refractivity contribution in [2.45, 2.75) is 6.92 Å². The lowest BCUT2D eigenvalue weighted by Crippen LogP contribution is -1.83. The molecule has 0 saturated heterocycles. The minimum atomic E-state index is 0.605. The highest BCUT2D eigenvalue weighted by Crippen LogP contribution is 2.33. The van der Waals surface area contributed by atoms with Gasteiger partial charge in [-0.2, -0.15) is 0 Å². The molecule has 16 heavy (non-hydrogen) atoms. The van der Waals surface area contributed by atoms with Crippen LogP contribution in [0, 0.1) is 6.92 Å². The number of nitrogens with zero attached hydrogens (tertiary/aromatic N) is 1. The molecule has 0 amide bonds. The second-order valence-corrected chi connectivity index (χ2v) is 4.61. The third kappa shape index (κ3) is 1.39. The van der Waals surface area contributed by atoms with Gasteiger partial charge in [-0.1, -0.05) is 6.07 Å². The van der Waals surface area contributed by atoms with Gasteiger partial charge in [0.2, 0.25) is 5.89 Å². The van der Waals surface area contributed by atoms with Crippen LogP contribution in [0.3, 0.4) is 0 Å². The Bertz CT molecular complexity index is 654. The highest BCUT2D eigenvalue weighted by Gasteiger charge is 2.11. The largest absolute Gasteiger partial charge is 0.435 e. The number of nitrogen functional groups attached to an aromatic ring is 1. The molecule has 2 heterocycles. The molecule has 0 radical (unpaired) electrons. The molecule has 0 saturated carbocycles. The number of oxazole rings is 1. The number of hydrogen-bond donors (Lipinski definition) is 1. The summed E-state index contributed by atoms with van der Waals surface area (Å²) in [7, 11) is 0. The summed E-state index contributed by atoms with van der Waals surface area (Å²) >= 11 is 1.54. The van der Waals surface area contributed by atoms with E-state index in [1.165, 1.54) is 0 Å². The van der Waals surface area contributed by atoms with Gasteiger partial charge in [0.05, 0.1) is 5.69 Å². The van der Waals surface area contributed by atoms with Crippen LogP contribution in [-0.2, 0) is 0 Å². The van der Waals surface area contributed by atoms with Gasteiger partial charge >= 0.3 is 0 Å². The van der Waals surface area contributed by atoms with Crippen LogP contribution >= 0.6 is 11.3 Å². The number of hydrogen-bond acceptors (Lipinski definition) is 4. The summed E-state index contributed by atoms with van der Waals surface area (Å²) in [5, 5.41) is 1.94. The van der Waals surface area contributed by atoms with Crippen molar-refractivity contribution in [1.29, 1.82) is 0 Å². The number of fused-ring (bicyclic) bond motifs is 1. The van der Waals surface area contributed by atoms with Crippen molar-refractivity contribution in [1.82, 2.24) is 4.98 Å². The van der Waals surface area contributed by atoms with E-state index >= 15 is 0 Å². The lowest BCUT2D eigenvalue weighted by Gasteiger charge is -1.90. The minimum absolute atomic E-state index is 0.605. The molecule has 0 aliphatic heterocycles. The van der Waals surface area contributed by atoms with E-state index in [0.717, 1.165) is 21.5 Å². The maximum Gasteiger partial charge on any atom is 0.239 e. The Labute approximate surface area is 96.5 Å². The van der Waals surface area contributed by atoms with E-state index in [0.29, 0.717) is 11.6 Å². The predicted molar refractivity (Wildman–Crippen MR) is 66.5 cm³/mol. The molecule has 0 unspecified atom stereocenters. The third-order valence-electron chi connectivity index (χ3n) is 2.43. The standard InChI is InChI=1S/C12H10N2OS/c1-7-2-3-9-10(6-7)15-12(14-9)11-8(13)4-5-16-11/h2-6H,13H2,1H3. The van der Waals surface area contributed by atoms with Gasteiger partial charge in [0.15, 0.2) is 5.58 Å². The first-order chi connectivity index (χ1) is 7.74. The zero-order chi connectivity index (χ0) is 11.1. The number of aromatic nitrogens is 1. The molecule has 1 aromatic carbocycles. The van der Waals surface area contributed by atoms with E-state index in [1.54, 1.807) is 11.3 Å². The molecule has 4 heteroatoms. The van der Waals surface area contributed by atoms with E-state index in [4.69, 9.17) is 10.2 Å². The SMILES string of the molecule is Cc1ccc2nc(-c3sccc3N)oc2c1. The molecule has 0 fully saturated rings. The molecule has 0 aliphatic rings. The van der Waals surface area contributed by atoms with Crippen LogP contribution in [0.5, 0.6) is 0 Å². The number of thiophene rings is 1. The van der Waals surface area contributed by atoms with Crippen molar-refractivity contribution in [2.24, 2.45) is 0 Å². The van der Waals surface area contributed by atoms with Crippen LogP contribution in [0.2, 0.25) is 0 Å². The van der Waals surface area contributed by atoms with Gasteiger partial charge < -0.3 is 10.2 Å². The summed E-state index contributed by atoms with van der Waals surface area (Å²) in [6.45, 7) is 2.03. The molecule has 3 nitrogen and oxygen atoms in total. The second kappa shape index (κ2) is 3.35. The van der Waals surface area contributed by atoms with Crippen LogP contribution in [0.1, 0.15) is 5.56 Å². The maximum absolute atomic E-state index is 5.83. The van der Waals surface area contributed by atoms with Crippen LogP contribution in [0.15, 0.2) is 34.1 Å². The van der Waals surface area contributed by atoms with Gasteiger partial charge in [-0.3, -0.25) is 0 Å². The Balaban J connectivity index is 2.23. The monoisotopic (exact) mass is 230 g/mol. The van der Waals surface area contributed by atoms with Gasteiger partial charge in [-0.25, -0.2) is 4.98 Å². The van der Waals surface area contributed by atoms with Gasteiger partial charge in [0.25, 0.3) is 0 Å². The maximum atomic E-state index is 5.83. The summed E-state index contributed by atoms with van der Waals surface area (Å²) < 4.78 is 5.69. The van der Waals surface area contributed by atoms with Crippen LogP contribution in [0.25, 0.3) is 21.9 Å². The molecule has 80 valence electrons. The Morgan fingerprint density at radius 1 is 1.31 bits per heavy atom. The highest BCUT2D eigenvalue weighted by atomic mass is 32.1. The summed E-state index contributed by atoms with van der Waals surface area (Å²) in [6, 6.07) is 7.82. The smallest absolute Gasteiger partial charge is 0.239 e. The van der Waals surface area contributed by atoms with Crippen LogP contribution in [-0.4, -0.2) is 4.98 Å². The average Bonchev–Trinajstić information content (AvgIpc) is 2.82. The normalized spacial score (nSPS) is 11.1. The van der Waals surface area contributed by atoms with E-state index in [2.05, 4.69) is 4.98 Å². The van der Waals surface area contributed by atoms with Crippen LogP contribution < -0.4 is 5.73 Å². The Hall–Kier alpha value is -1.81. The summed E-state index contributed by atoms with van der Waals surface area (Å²) in [6.07, 6.45) is 0. The zero-order valence-electron chi connectivity index (χ0n) is 8.73. The number of anilines is 1. The second-order valence-electron chi connectivity index (χ2n) is 3.70. The van der Waals surface area contributed by atoms with Crippen molar-refractivity contribution in [3.63, 3.8) is 0 Å². The molecular weight excluding hydrogens is 220 g/mol. The molecule has 3 rings (SSSR count). The number of benzene rings is 1. The first-order valence-electron chi connectivity index (χ1n) is 4.94. The van der Waals surface area contributed by atoms with E-state index < -0.39 is 0 Å². The molecule has 2 N–H and O–H groups in total. The van der Waals surface area contributed by atoms with Gasteiger partial charge in [0, 0.05) is 0 Å². The lowest BCUT2D eigenvalue weighted by molar-refractivity contribution is 0.621. The molecular formula is C12H10N2OS.